The molecule has 3 nitrogen and oxygen atoms in total. The van der Waals surface area contributed by atoms with Gasteiger partial charge < -0.3 is 10.6 Å². The lowest BCUT2D eigenvalue weighted by Crippen LogP contribution is -2.53. The molecule has 0 amide bonds. The van der Waals surface area contributed by atoms with Crippen molar-refractivity contribution in [2.24, 2.45) is 0 Å². The van der Waals surface area contributed by atoms with Crippen LogP contribution in [0.5, 0.6) is 0 Å². The summed E-state index contributed by atoms with van der Waals surface area (Å²) in [6.45, 7) is 1.81. The summed E-state index contributed by atoms with van der Waals surface area (Å²) in [5.41, 5.74) is 0. The molecule has 0 aliphatic carbocycles. The maximum Gasteiger partial charge on any atom is 0.151 e. The number of piperazine rings is 1. The third kappa shape index (κ3) is 0.954. The number of hydrogen-bond donors (Lipinski definition) is 2. The molecule has 3 heteroatoms. The first kappa shape index (κ1) is 6.31. The largest absolute Gasteiger partial charge is 0.311 e. The van der Waals surface area contributed by atoms with Gasteiger partial charge in [0, 0.05) is 25.6 Å². The van der Waals surface area contributed by atoms with Gasteiger partial charge in [-0.2, -0.15) is 0 Å². The van der Waals surface area contributed by atoms with Gasteiger partial charge in [0.05, 0.1) is 6.04 Å². The number of hydrogen-bond acceptors (Lipinski definition) is 3. The molecule has 0 radical (unpaired) electrons. The highest BCUT2D eigenvalue weighted by molar-refractivity contribution is 5.85. The fourth-order valence-electron chi connectivity index (χ4n) is 1.64. The van der Waals surface area contributed by atoms with Crippen LogP contribution in [0.15, 0.2) is 0 Å². The summed E-state index contributed by atoms with van der Waals surface area (Å²) in [5.74, 6) is 0.382. The Hall–Kier alpha value is -0.410. The Morgan fingerprint density at radius 3 is 2.90 bits per heavy atom. The molecule has 3 fully saturated rings. The van der Waals surface area contributed by atoms with Crippen LogP contribution >= 0.6 is 0 Å². The summed E-state index contributed by atoms with van der Waals surface area (Å²) in [6.07, 6.45) is 1.78. The molecular formula is C7H12N2O. The molecule has 3 rings (SSSR count). The zero-order valence-corrected chi connectivity index (χ0v) is 5.89. The van der Waals surface area contributed by atoms with Crippen molar-refractivity contribution in [3.8, 4) is 0 Å². The van der Waals surface area contributed by atoms with Crippen LogP contribution in [0.4, 0.5) is 0 Å². The summed E-state index contributed by atoms with van der Waals surface area (Å²) in [5, 5.41) is 6.55. The Bertz CT molecular complexity index is 150. The summed E-state index contributed by atoms with van der Waals surface area (Å²) in [4.78, 5) is 11.2. The van der Waals surface area contributed by atoms with Crippen LogP contribution in [0.1, 0.15) is 12.8 Å². The SMILES string of the molecule is O=C1CCC2CNC1CN2. The summed E-state index contributed by atoms with van der Waals surface area (Å²) < 4.78 is 0. The molecule has 56 valence electrons. The molecule has 0 saturated carbocycles. The van der Waals surface area contributed by atoms with Gasteiger partial charge in [-0.25, -0.2) is 0 Å². The number of nitrogens with one attached hydrogen (secondary N) is 2. The van der Waals surface area contributed by atoms with E-state index in [2.05, 4.69) is 10.6 Å². The zero-order valence-electron chi connectivity index (χ0n) is 5.89. The molecule has 3 aliphatic rings. The number of Topliss-reactive ketones (excluding diaryl/α,β-unsaturated/α-hetero) is 1. The second kappa shape index (κ2) is 2.32. The van der Waals surface area contributed by atoms with Gasteiger partial charge in [0.15, 0.2) is 5.78 Å². The van der Waals surface area contributed by atoms with E-state index in [9.17, 15) is 4.79 Å². The molecule has 2 atom stereocenters. The molecule has 0 aromatic rings. The van der Waals surface area contributed by atoms with E-state index in [0.29, 0.717) is 11.8 Å². The first-order valence-corrected chi connectivity index (χ1v) is 3.86. The standard InChI is InChI=1S/C7H12N2O/c10-7-2-1-5-3-9-6(7)4-8-5/h5-6,8-9H,1-4H2. The van der Waals surface area contributed by atoms with E-state index in [1.54, 1.807) is 0 Å². The van der Waals surface area contributed by atoms with Crippen molar-refractivity contribution >= 4 is 5.78 Å². The van der Waals surface area contributed by atoms with Crippen LogP contribution < -0.4 is 10.6 Å². The summed E-state index contributed by atoms with van der Waals surface area (Å²) >= 11 is 0. The predicted molar refractivity (Wildman–Crippen MR) is 37.8 cm³/mol. The second-order valence-electron chi connectivity index (χ2n) is 3.07. The minimum Gasteiger partial charge on any atom is -0.311 e. The molecule has 2 bridgehead atoms. The second-order valence-corrected chi connectivity index (χ2v) is 3.07. The number of rotatable bonds is 0. The van der Waals surface area contributed by atoms with E-state index >= 15 is 0 Å². The Labute approximate surface area is 60.2 Å². The molecule has 0 aromatic heterocycles. The van der Waals surface area contributed by atoms with Crippen LogP contribution in [0.2, 0.25) is 0 Å². The average Bonchev–Trinajstić information content (AvgIpc) is 2.24. The van der Waals surface area contributed by atoms with Crippen LogP contribution in [-0.2, 0) is 4.79 Å². The summed E-state index contributed by atoms with van der Waals surface area (Å²) in [7, 11) is 0. The first-order chi connectivity index (χ1) is 4.86. The van der Waals surface area contributed by atoms with E-state index in [1.807, 2.05) is 0 Å². The average molecular weight is 140 g/mol. The lowest BCUT2D eigenvalue weighted by Gasteiger charge is -2.24. The highest BCUT2D eigenvalue weighted by Crippen LogP contribution is 2.10. The van der Waals surface area contributed by atoms with Gasteiger partial charge in [0.25, 0.3) is 0 Å². The minimum absolute atomic E-state index is 0.110. The third-order valence-electron chi connectivity index (χ3n) is 2.35. The fourth-order valence-corrected chi connectivity index (χ4v) is 1.64. The van der Waals surface area contributed by atoms with E-state index < -0.39 is 0 Å². The molecular weight excluding hydrogens is 128 g/mol. The summed E-state index contributed by atoms with van der Waals surface area (Å²) in [6, 6.07) is 0.654. The van der Waals surface area contributed by atoms with Gasteiger partial charge in [-0.1, -0.05) is 0 Å². The Kier molecular flexibility index (Phi) is 1.47. The van der Waals surface area contributed by atoms with Gasteiger partial charge >= 0.3 is 0 Å². The van der Waals surface area contributed by atoms with Crippen molar-refractivity contribution in [1.29, 1.82) is 0 Å². The molecule has 3 saturated heterocycles. The Balaban J connectivity index is 2.14. The predicted octanol–water partition coefficient (Wildman–Crippen LogP) is -0.721. The maximum atomic E-state index is 11.2. The number of carbonyl (C=O) groups is 1. The molecule has 3 aliphatic heterocycles. The van der Waals surface area contributed by atoms with Gasteiger partial charge in [0.2, 0.25) is 0 Å². The number of ketones is 1. The maximum absolute atomic E-state index is 11.2. The van der Waals surface area contributed by atoms with E-state index in [0.717, 1.165) is 25.9 Å². The van der Waals surface area contributed by atoms with Crippen LogP contribution in [-0.4, -0.2) is 31.0 Å². The van der Waals surface area contributed by atoms with Crippen molar-refractivity contribution in [2.45, 2.75) is 24.9 Å². The van der Waals surface area contributed by atoms with E-state index in [1.165, 1.54) is 0 Å². The lowest BCUT2D eigenvalue weighted by molar-refractivity contribution is -0.120. The normalized spacial score (nSPS) is 39.8. The van der Waals surface area contributed by atoms with Gasteiger partial charge in [-0.3, -0.25) is 4.79 Å². The molecule has 2 N–H and O–H groups in total. The fraction of sp³-hybridized carbons (Fsp3) is 0.857. The Morgan fingerprint density at radius 2 is 2.20 bits per heavy atom. The highest BCUT2D eigenvalue weighted by atomic mass is 16.1. The molecule has 0 spiro atoms. The lowest BCUT2D eigenvalue weighted by atomic mass is 10.1. The van der Waals surface area contributed by atoms with Crippen LogP contribution in [0.3, 0.4) is 0 Å². The van der Waals surface area contributed by atoms with Gasteiger partial charge in [0.1, 0.15) is 0 Å². The van der Waals surface area contributed by atoms with Gasteiger partial charge in [-0.05, 0) is 6.42 Å². The van der Waals surface area contributed by atoms with Crippen LogP contribution in [0.25, 0.3) is 0 Å². The van der Waals surface area contributed by atoms with Crippen molar-refractivity contribution in [3.63, 3.8) is 0 Å². The third-order valence-corrected chi connectivity index (χ3v) is 2.35. The van der Waals surface area contributed by atoms with Crippen molar-refractivity contribution in [3.05, 3.63) is 0 Å². The molecule has 2 unspecified atom stereocenters. The molecule has 3 heterocycles. The number of carbonyl (C=O) groups excluding carboxylic acids is 1. The quantitative estimate of drug-likeness (QED) is 0.466. The number of fused-ring (bicyclic) bond motifs is 4. The van der Waals surface area contributed by atoms with E-state index in [-0.39, 0.29) is 6.04 Å². The van der Waals surface area contributed by atoms with E-state index in [4.69, 9.17) is 0 Å². The monoisotopic (exact) mass is 140 g/mol. The Morgan fingerprint density at radius 1 is 1.30 bits per heavy atom. The topological polar surface area (TPSA) is 41.1 Å². The minimum atomic E-state index is 0.110. The molecule has 10 heavy (non-hydrogen) atoms. The molecule has 0 aromatic carbocycles. The smallest absolute Gasteiger partial charge is 0.151 e. The highest BCUT2D eigenvalue weighted by Gasteiger charge is 2.29. The van der Waals surface area contributed by atoms with Crippen molar-refractivity contribution < 1.29 is 4.79 Å². The first-order valence-electron chi connectivity index (χ1n) is 3.86. The zero-order chi connectivity index (χ0) is 6.97. The van der Waals surface area contributed by atoms with Crippen LogP contribution in [0, 0.1) is 0 Å². The van der Waals surface area contributed by atoms with Gasteiger partial charge in [-0.15, -0.1) is 0 Å². The van der Waals surface area contributed by atoms with Crippen molar-refractivity contribution in [1.82, 2.24) is 10.6 Å². The van der Waals surface area contributed by atoms with Crippen molar-refractivity contribution in [2.75, 3.05) is 13.1 Å².